The maximum Gasteiger partial charge on any atom is 0.345 e. The number of nitrogens with zero attached hydrogens (tertiary/aromatic N) is 4. The molecule has 1 amide bonds. The highest BCUT2D eigenvalue weighted by molar-refractivity contribution is 7.99. The number of rotatable bonds is 6. The molecule has 0 spiro atoms. The lowest BCUT2D eigenvalue weighted by atomic mass is 9.96. The summed E-state index contributed by atoms with van der Waals surface area (Å²) in [6.07, 6.45) is 2.45. The molecular weight excluding hydrogens is 360 g/mol. The second-order valence-corrected chi connectivity index (χ2v) is 8.49. The van der Waals surface area contributed by atoms with Gasteiger partial charge in [0.25, 0.3) is 0 Å². The van der Waals surface area contributed by atoms with Crippen molar-refractivity contribution in [3.05, 3.63) is 46.6 Å². The number of aryl methyl sites for hydroxylation is 1. The Kier molecular flexibility index (Phi) is 6.42. The standard InChI is InChI=1S/C20H28N4O2S/c1-15(2)24-19(21-22(3)20(24)26)16-8-7-12-23(14-16)18(25)11-13-27-17-9-5-4-6-10-17/h4-6,9-10,15-16H,7-8,11-14H2,1-3H3. The first-order valence-electron chi connectivity index (χ1n) is 9.58. The first-order chi connectivity index (χ1) is 13.0. The Morgan fingerprint density at radius 1 is 1.30 bits per heavy atom. The van der Waals surface area contributed by atoms with Crippen molar-refractivity contribution in [2.45, 2.75) is 50.0 Å². The monoisotopic (exact) mass is 388 g/mol. The van der Waals surface area contributed by atoms with Gasteiger partial charge >= 0.3 is 5.69 Å². The van der Waals surface area contributed by atoms with E-state index >= 15 is 0 Å². The highest BCUT2D eigenvalue weighted by Gasteiger charge is 2.29. The summed E-state index contributed by atoms with van der Waals surface area (Å²) in [7, 11) is 1.69. The Labute approximate surface area is 164 Å². The predicted molar refractivity (Wildman–Crippen MR) is 108 cm³/mol. The topological polar surface area (TPSA) is 60.1 Å². The maximum absolute atomic E-state index is 12.7. The number of likely N-dealkylation sites (tertiary alicyclic amines) is 1. The summed E-state index contributed by atoms with van der Waals surface area (Å²) in [6.45, 7) is 5.44. The molecule has 0 saturated carbocycles. The second kappa shape index (κ2) is 8.78. The average molecular weight is 389 g/mol. The molecule has 0 aliphatic carbocycles. The maximum atomic E-state index is 12.7. The number of aromatic nitrogens is 3. The minimum absolute atomic E-state index is 0.0644. The predicted octanol–water partition coefficient (Wildman–Crippen LogP) is 3.05. The molecule has 0 radical (unpaired) electrons. The number of thioether (sulfide) groups is 1. The van der Waals surface area contributed by atoms with E-state index in [4.69, 9.17) is 0 Å². The van der Waals surface area contributed by atoms with Crippen molar-refractivity contribution in [3.63, 3.8) is 0 Å². The van der Waals surface area contributed by atoms with E-state index in [0.717, 1.165) is 31.0 Å². The molecule has 2 aromatic rings. The molecule has 1 unspecified atom stereocenters. The van der Waals surface area contributed by atoms with Gasteiger partial charge in [0, 0.05) is 49.2 Å². The van der Waals surface area contributed by atoms with Crippen molar-refractivity contribution in [2.24, 2.45) is 7.05 Å². The van der Waals surface area contributed by atoms with Crippen molar-refractivity contribution >= 4 is 17.7 Å². The van der Waals surface area contributed by atoms with E-state index in [1.165, 1.54) is 9.58 Å². The molecule has 1 atom stereocenters. The second-order valence-electron chi connectivity index (χ2n) is 7.32. The quantitative estimate of drug-likeness (QED) is 0.714. The molecule has 0 bridgehead atoms. The Balaban J connectivity index is 1.61. The molecule has 1 aliphatic rings. The smallest absolute Gasteiger partial charge is 0.342 e. The van der Waals surface area contributed by atoms with E-state index in [-0.39, 0.29) is 23.6 Å². The lowest BCUT2D eigenvalue weighted by molar-refractivity contribution is -0.132. The molecule has 1 fully saturated rings. The lowest BCUT2D eigenvalue weighted by Crippen LogP contribution is -2.40. The zero-order valence-electron chi connectivity index (χ0n) is 16.3. The molecule has 146 valence electrons. The minimum atomic E-state index is -0.0808. The van der Waals surface area contributed by atoms with E-state index in [0.29, 0.717) is 13.0 Å². The summed E-state index contributed by atoms with van der Waals surface area (Å²) in [5.74, 6) is 1.91. The Bertz CT molecular complexity index is 828. The van der Waals surface area contributed by atoms with E-state index in [1.54, 1.807) is 23.4 Å². The molecule has 7 heteroatoms. The van der Waals surface area contributed by atoms with Crippen molar-refractivity contribution < 1.29 is 4.79 Å². The van der Waals surface area contributed by atoms with Crippen LogP contribution >= 0.6 is 11.8 Å². The van der Waals surface area contributed by atoms with Crippen LogP contribution in [0.15, 0.2) is 40.0 Å². The number of piperidine rings is 1. The van der Waals surface area contributed by atoms with Crippen molar-refractivity contribution in [2.75, 3.05) is 18.8 Å². The molecule has 27 heavy (non-hydrogen) atoms. The van der Waals surface area contributed by atoms with Gasteiger partial charge in [-0.3, -0.25) is 9.36 Å². The van der Waals surface area contributed by atoms with Gasteiger partial charge in [-0.2, -0.15) is 5.10 Å². The van der Waals surface area contributed by atoms with Crippen LogP contribution in [0.4, 0.5) is 0 Å². The van der Waals surface area contributed by atoms with Crippen LogP contribution in [0, 0.1) is 0 Å². The number of carbonyl (C=O) groups is 1. The van der Waals surface area contributed by atoms with E-state index < -0.39 is 0 Å². The van der Waals surface area contributed by atoms with Crippen LogP contribution in [-0.4, -0.2) is 44.0 Å². The minimum Gasteiger partial charge on any atom is -0.342 e. The molecule has 1 aliphatic heterocycles. The van der Waals surface area contributed by atoms with Crippen molar-refractivity contribution in [3.8, 4) is 0 Å². The van der Waals surface area contributed by atoms with Crippen LogP contribution in [0.25, 0.3) is 0 Å². The fourth-order valence-corrected chi connectivity index (χ4v) is 4.47. The SMILES string of the molecule is CC(C)n1c(C2CCCN(C(=O)CCSc3ccccc3)C2)nn(C)c1=O. The first kappa shape index (κ1) is 19.7. The molecule has 1 saturated heterocycles. The third-order valence-corrected chi connectivity index (χ3v) is 5.98. The third kappa shape index (κ3) is 4.64. The van der Waals surface area contributed by atoms with Crippen LogP contribution in [0.3, 0.4) is 0 Å². The van der Waals surface area contributed by atoms with Crippen LogP contribution in [0.2, 0.25) is 0 Å². The normalized spacial score (nSPS) is 17.5. The number of amides is 1. The van der Waals surface area contributed by atoms with Crippen LogP contribution in [0.1, 0.15) is 50.9 Å². The Morgan fingerprint density at radius 2 is 2.04 bits per heavy atom. The van der Waals surface area contributed by atoms with Crippen molar-refractivity contribution in [1.82, 2.24) is 19.2 Å². The number of benzene rings is 1. The van der Waals surface area contributed by atoms with Gasteiger partial charge in [-0.05, 0) is 38.8 Å². The van der Waals surface area contributed by atoms with E-state index in [1.807, 2.05) is 36.9 Å². The highest BCUT2D eigenvalue weighted by atomic mass is 32.2. The largest absolute Gasteiger partial charge is 0.345 e. The first-order valence-corrected chi connectivity index (χ1v) is 10.6. The van der Waals surface area contributed by atoms with Gasteiger partial charge in [0.05, 0.1) is 0 Å². The van der Waals surface area contributed by atoms with E-state index in [2.05, 4.69) is 17.2 Å². The van der Waals surface area contributed by atoms with E-state index in [9.17, 15) is 9.59 Å². The zero-order chi connectivity index (χ0) is 19.4. The lowest BCUT2D eigenvalue weighted by Gasteiger charge is -2.32. The summed E-state index contributed by atoms with van der Waals surface area (Å²) in [4.78, 5) is 28.2. The molecule has 3 rings (SSSR count). The summed E-state index contributed by atoms with van der Waals surface area (Å²) in [5, 5.41) is 4.48. The molecule has 6 nitrogen and oxygen atoms in total. The Morgan fingerprint density at radius 3 is 2.74 bits per heavy atom. The number of carbonyl (C=O) groups excluding carboxylic acids is 1. The average Bonchev–Trinajstić information content (AvgIpc) is 2.97. The number of hydrogen-bond acceptors (Lipinski definition) is 4. The molecular formula is C20H28N4O2S. The number of hydrogen-bond donors (Lipinski definition) is 0. The molecule has 2 heterocycles. The fraction of sp³-hybridized carbons (Fsp3) is 0.550. The van der Waals surface area contributed by atoms with Crippen LogP contribution < -0.4 is 5.69 Å². The van der Waals surface area contributed by atoms with Gasteiger partial charge in [0.1, 0.15) is 5.82 Å². The van der Waals surface area contributed by atoms with Gasteiger partial charge < -0.3 is 4.90 Å². The third-order valence-electron chi connectivity index (χ3n) is 4.97. The summed E-state index contributed by atoms with van der Waals surface area (Å²) < 4.78 is 3.18. The van der Waals surface area contributed by atoms with Gasteiger partial charge in [-0.15, -0.1) is 11.8 Å². The summed E-state index contributed by atoms with van der Waals surface area (Å²) in [5.41, 5.74) is -0.0808. The van der Waals surface area contributed by atoms with Gasteiger partial charge in [0.15, 0.2) is 0 Å². The summed E-state index contributed by atoms with van der Waals surface area (Å²) >= 11 is 1.71. The van der Waals surface area contributed by atoms with Gasteiger partial charge in [0.2, 0.25) is 5.91 Å². The highest BCUT2D eigenvalue weighted by Crippen LogP contribution is 2.27. The van der Waals surface area contributed by atoms with Crippen LogP contribution in [-0.2, 0) is 11.8 Å². The van der Waals surface area contributed by atoms with Gasteiger partial charge in [-0.1, -0.05) is 18.2 Å². The zero-order valence-corrected chi connectivity index (χ0v) is 17.1. The molecule has 1 aromatic carbocycles. The summed E-state index contributed by atoms with van der Waals surface area (Å²) in [6, 6.07) is 10.2. The Hall–Kier alpha value is -2.02. The fourth-order valence-electron chi connectivity index (χ4n) is 3.61. The van der Waals surface area contributed by atoms with Crippen LogP contribution in [0.5, 0.6) is 0 Å². The molecule has 1 aromatic heterocycles. The molecule has 0 N–H and O–H groups in total. The van der Waals surface area contributed by atoms with Gasteiger partial charge in [-0.25, -0.2) is 9.48 Å². The van der Waals surface area contributed by atoms with Crippen molar-refractivity contribution in [1.29, 1.82) is 0 Å².